The van der Waals surface area contributed by atoms with Crippen LogP contribution in [0.2, 0.25) is 0 Å². The van der Waals surface area contributed by atoms with Crippen LogP contribution in [0.15, 0.2) is 50.4 Å². The van der Waals surface area contributed by atoms with Crippen molar-refractivity contribution in [2.75, 3.05) is 17.2 Å². The van der Waals surface area contributed by atoms with Gasteiger partial charge in [0.05, 0.1) is 10.2 Å². The van der Waals surface area contributed by atoms with Gasteiger partial charge < -0.3 is 10.2 Å². The van der Waals surface area contributed by atoms with Crippen molar-refractivity contribution in [3.8, 4) is 10.8 Å². The largest absolute Gasteiger partial charge is 0.448 e. The molecule has 4 rings (SSSR count). The number of H-pyrrole nitrogens is 1. The SMILES string of the molecule is CCCCn1c(N)c(N(CCC(C)C)C(=O)c2ccc(-c3nc4ccccc4s3)o2)c(=O)[nH]c1=O. The average Bonchev–Trinajstić information content (AvgIpc) is 3.47. The Bertz CT molecular complexity index is 1430. The summed E-state index contributed by atoms with van der Waals surface area (Å²) in [5.74, 6) is 0.269. The number of para-hydroxylation sites is 1. The summed E-state index contributed by atoms with van der Waals surface area (Å²) in [4.78, 5) is 47.1. The number of fused-ring (bicyclic) bond motifs is 1. The van der Waals surface area contributed by atoms with Crippen LogP contribution < -0.4 is 21.9 Å². The summed E-state index contributed by atoms with van der Waals surface area (Å²) in [5, 5.41) is 0.657. The number of aromatic amines is 1. The number of furan rings is 1. The molecule has 0 saturated heterocycles. The number of benzene rings is 1. The number of rotatable bonds is 9. The first-order chi connectivity index (χ1) is 16.8. The zero-order chi connectivity index (χ0) is 25.1. The third-order valence-corrected chi connectivity index (χ3v) is 6.77. The number of amides is 1. The highest BCUT2D eigenvalue weighted by molar-refractivity contribution is 7.21. The molecule has 0 spiro atoms. The summed E-state index contributed by atoms with van der Waals surface area (Å²) in [5.41, 5.74) is 5.83. The third kappa shape index (κ3) is 5.07. The molecule has 1 amide bonds. The van der Waals surface area contributed by atoms with Gasteiger partial charge in [-0.25, -0.2) is 9.78 Å². The molecule has 0 fully saturated rings. The van der Waals surface area contributed by atoms with E-state index in [0.717, 1.165) is 16.6 Å². The van der Waals surface area contributed by atoms with Gasteiger partial charge in [-0.3, -0.25) is 24.0 Å². The Labute approximate surface area is 206 Å². The number of carbonyl (C=O) groups excluding carboxylic acids is 1. The molecular weight excluding hydrogens is 466 g/mol. The second kappa shape index (κ2) is 10.3. The fraction of sp³-hybridized carbons (Fsp3) is 0.360. The van der Waals surface area contributed by atoms with Crippen molar-refractivity contribution in [2.24, 2.45) is 5.92 Å². The molecule has 3 N–H and O–H groups in total. The van der Waals surface area contributed by atoms with Gasteiger partial charge in [-0.2, -0.15) is 0 Å². The Hall–Kier alpha value is -3.66. The summed E-state index contributed by atoms with van der Waals surface area (Å²) >= 11 is 1.47. The maximum Gasteiger partial charge on any atom is 0.330 e. The molecule has 3 aromatic heterocycles. The third-order valence-electron chi connectivity index (χ3n) is 5.72. The Morgan fingerprint density at radius 1 is 1.23 bits per heavy atom. The van der Waals surface area contributed by atoms with Crippen LogP contribution in [0.1, 0.15) is 50.6 Å². The molecule has 0 unspecified atom stereocenters. The van der Waals surface area contributed by atoms with Gasteiger partial charge in [0.25, 0.3) is 11.5 Å². The Morgan fingerprint density at radius 2 is 2.00 bits per heavy atom. The maximum absolute atomic E-state index is 13.6. The van der Waals surface area contributed by atoms with Gasteiger partial charge in [-0.05, 0) is 43.0 Å². The van der Waals surface area contributed by atoms with Crippen LogP contribution in [0.25, 0.3) is 21.0 Å². The second-order valence-corrected chi connectivity index (χ2v) is 9.82. The summed E-state index contributed by atoms with van der Waals surface area (Å²) in [7, 11) is 0. The number of nitrogen functional groups attached to an aromatic ring is 1. The van der Waals surface area contributed by atoms with Gasteiger partial charge in [0, 0.05) is 13.1 Å². The normalized spacial score (nSPS) is 11.4. The lowest BCUT2D eigenvalue weighted by molar-refractivity contribution is 0.0959. The number of thiazole rings is 1. The lowest BCUT2D eigenvalue weighted by atomic mass is 10.1. The smallest absolute Gasteiger partial charge is 0.330 e. The van der Waals surface area contributed by atoms with E-state index in [9.17, 15) is 14.4 Å². The lowest BCUT2D eigenvalue weighted by Crippen LogP contribution is -2.41. The van der Waals surface area contributed by atoms with E-state index in [0.29, 0.717) is 30.2 Å². The van der Waals surface area contributed by atoms with Gasteiger partial charge in [0.15, 0.2) is 22.2 Å². The molecule has 1 aromatic carbocycles. The summed E-state index contributed by atoms with van der Waals surface area (Å²) in [6.45, 7) is 6.63. The zero-order valence-electron chi connectivity index (χ0n) is 20.0. The Morgan fingerprint density at radius 3 is 2.71 bits per heavy atom. The number of nitrogens with two attached hydrogens (primary N) is 1. The molecule has 35 heavy (non-hydrogen) atoms. The van der Waals surface area contributed by atoms with E-state index in [1.165, 1.54) is 20.8 Å². The van der Waals surface area contributed by atoms with Gasteiger partial charge in [0.2, 0.25) is 0 Å². The summed E-state index contributed by atoms with van der Waals surface area (Å²) in [6, 6.07) is 11.0. The zero-order valence-corrected chi connectivity index (χ0v) is 20.9. The topological polar surface area (TPSA) is 127 Å². The van der Waals surface area contributed by atoms with Crippen LogP contribution in [0.3, 0.4) is 0 Å². The second-order valence-electron chi connectivity index (χ2n) is 8.79. The van der Waals surface area contributed by atoms with Crippen molar-refractivity contribution in [3.63, 3.8) is 0 Å². The van der Waals surface area contributed by atoms with Crippen LogP contribution >= 0.6 is 11.3 Å². The summed E-state index contributed by atoms with van der Waals surface area (Å²) < 4.78 is 8.23. The average molecular weight is 496 g/mol. The van der Waals surface area contributed by atoms with Gasteiger partial charge >= 0.3 is 5.69 Å². The molecule has 0 radical (unpaired) electrons. The molecule has 0 bridgehead atoms. The van der Waals surface area contributed by atoms with E-state index in [2.05, 4.69) is 9.97 Å². The molecule has 0 saturated carbocycles. The van der Waals surface area contributed by atoms with Gasteiger partial charge in [-0.15, -0.1) is 11.3 Å². The molecule has 0 aliphatic rings. The maximum atomic E-state index is 13.6. The molecule has 3 heterocycles. The lowest BCUT2D eigenvalue weighted by Gasteiger charge is -2.24. The van der Waals surface area contributed by atoms with Crippen molar-refractivity contribution >= 4 is 39.0 Å². The molecule has 0 aliphatic heterocycles. The number of nitrogens with one attached hydrogen (secondary N) is 1. The molecule has 0 aliphatic carbocycles. The number of hydrogen-bond acceptors (Lipinski definition) is 7. The van der Waals surface area contributed by atoms with Crippen molar-refractivity contribution in [1.29, 1.82) is 0 Å². The first-order valence-electron chi connectivity index (χ1n) is 11.7. The highest BCUT2D eigenvalue weighted by Gasteiger charge is 2.28. The molecule has 9 nitrogen and oxygen atoms in total. The van der Waals surface area contributed by atoms with Gasteiger partial charge in [-0.1, -0.05) is 39.3 Å². The predicted octanol–water partition coefficient (Wildman–Crippen LogP) is 4.48. The van der Waals surface area contributed by atoms with E-state index in [-0.39, 0.29) is 29.7 Å². The van der Waals surface area contributed by atoms with Crippen LogP contribution in [-0.4, -0.2) is 27.0 Å². The quantitative estimate of drug-likeness (QED) is 0.352. The molecule has 4 aromatic rings. The van der Waals surface area contributed by atoms with Crippen LogP contribution in [0.4, 0.5) is 11.5 Å². The number of unbranched alkanes of at least 4 members (excludes halogenated alkanes) is 1. The minimum Gasteiger partial charge on any atom is -0.448 e. The predicted molar refractivity (Wildman–Crippen MR) is 139 cm³/mol. The minimum atomic E-state index is -0.699. The van der Waals surface area contributed by atoms with E-state index in [1.807, 2.05) is 45.0 Å². The molecular formula is C25H29N5O4S. The van der Waals surface area contributed by atoms with Crippen molar-refractivity contribution < 1.29 is 9.21 Å². The fourth-order valence-corrected chi connectivity index (χ4v) is 4.68. The molecule has 10 heteroatoms. The fourth-order valence-electron chi connectivity index (χ4n) is 3.76. The number of hydrogen-bond donors (Lipinski definition) is 2. The Kier molecular flexibility index (Phi) is 7.20. The molecule has 184 valence electrons. The van der Waals surface area contributed by atoms with Gasteiger partial charge in [0.1, 0.15) is 5.82 Å². The summed E-state index contributed by atoms with van der Waals surface area (Å²) in [6.07, 6.45) is 2.18. The van der Waals surface area contributed by atoms with Crippen LogP contribution in [-0.2, 0) is 6.54 Å². The van der Waals surface area contributed by atoms with Crippen LogP contribution in [0.5, 0.6) is 0 Å². The van der Waals surface area contributed by atoms with Crippen LogP contribution in [0, 0.1) is 5.92 Å². The van der Waals surface area contributed by atoms with E-state index < -0.39 is 17.2 Å². The number of carbonyl (C=O) groups is 1. The minimum absolute atomic E-state index is 0.0257. The van der Waals surface area contributed by atoms with E-state index >= 15 is 0 Å². The number of nitrogens with zero attached hydrogens (tertiary/aromatic N) is 3. The van der Waals surface area contributed by atoms with Crippen molar-refractivity contribution in [1.82, 2.24) is 14.5 Å². The van der Waals surface area contributed by atoms with Crippen molar-refractivity contribution in [3.05, 3.63) is 63.0 Å². The highest BCUT2D eigenvalue weighted by atomic mass is 32.1. The van der Waals surface area contributed by atoms with E-state index in [4.69, 9.17) is 10.2 Å². The monoisotopic (exact) mass is 495 g/mol. The number of anilines is 2. The first kappa shape index (κ1) is 24.5. The highest BCUT2D eigenvalue weighted by Crippen LogP contribution is 2.32. The first-order valence-corrected chi connectivity index (χ1v) is 12.5. The van der Waals surface area contributed by atoms with Crippen molar-refractivity contribution in [2.45, 2.75) is 46.6 Å². The standard InChI is InChI=1S/C25H29N5O4S/c1-4-5-13-30-21(26)20(22(31)28-25(30)33)29(14-12-15(2)3)24(32)18-11-10-17(34-18)23-27-16-8-6-7-9-19(16)35-23/h6-11,15H,4-5,12-14,26H2,1-3H3,(H,28,31,33). The number of aromatic nitrogens is 3. The Balaban J connectivity index is 1.73. The molecule has 0 atom stereocenters. The van der Waals surface area contributed by atoms with E-state index in [1.54, 1.807) is 12.1 Å².